The minimum absolute atomic E-state index is 0.0329. The van der Waals surface area contributed by atoms with E-state index in [1.165, 1.54) is 6.92 Å². The first kappa shape index (κ1) is 19.2. The van der Waals surface area contributed by atoms with Crippen LogP contribution in [0.3, 0.4) is 0 Å². The van der Waals surface area contributed by atoms with Crippen molar-refractivity contribution in [3.8, 4) is 0 Å². The van der Waals surface area contributed by atoms with Gasteiger partial charge in [0.1, 0.15) is 6.29 Å². The number of Topliss-reactive ketones (excluding diaryl/α,β-unsaturated/α-hetero) is 1. The summed E-state index contributed by atoms with van der Waals surface area (Å²) in [5.41, 5.74) is 0. The van der Waals surface area contributed by atoms with Crippen molar-refractivity contribution in [2.24, 2.45) is 17.8 Å². The molecule has 0 aliphatic rings. The summed E-state index contributed by atoms with van der Waals surface area (Å²) in [6.07, 6.45) is 4.07. The fourth-order valence-corrected chi connectivity index (χ4v) is 2.54. The second kappa shape index (κ2) is 9.97. The predicted octanol–water partition coefficient (Wildman–Crippen LogP) is 2.31. The Morgan fingerprint density at radius 3 is 2.25 bits per heavy atom. The normalized spacial score (nSPS) is 15.5. The van der Waals surface area contributed by atoms with Crippen LogP contribution in [0, 0.1) is 17.8 Å². The van der Waals surface area contributed by atoms with Gasteiger partial charge in [0.25, 0.3) is 0 Å². The van der Waals surface area contributed by atoms with Crippen molar-refractivity contribution < 1.29 is 14.4 Å². The third kappa shape index (κ3) is 7.08. The molecule has 4 nitrogen and oxygen atoms in total. The van der Waals surface area contributed by atoms with Crippen molar-refractivity contribution in [3.63, 3.8) is 0 Å². The number of aldehydes is 1. The van der Waals surface area contributed by atoms with Gasteiger partial charge in [-0.2, -0.15) is 11.8 Å². The molecule has 20 heavy (non-hydrogen) atoms. The highest BCUT2D eigenvalue weighted by molar-refractivity contribution is 7.98. The zero-order chi connectivity index (χ0) is 15.7. The van der Waals surface area contributed by atoms with Gasteiger partial charge in [0.2, 0.25) is 5.91 Å². The lowest BCUT2D eigenvalue weighted by molar-refractivity contribution is -0.132. The van der Waals surface area contributed by atoms with E-state index in [2.05, 4.69) is 5.32 Å². The zero-order valence-corrected chi connectivity index (χ0v) is 14.0. The highest BCUT2D eigenvalue weighted by Gasteiger charge is 2.27. The van der Waals surface area contributed by atoms with Crippen LogP contribution in [-0.2, 0) is 14.4 Å². The van der Waals surface area contributed by atoms with Crippen LogP contribution in [0.4, 0.5) is 0 Å². The van der Waals surface area contributed by atoms with Crippen molar-refractivity contribution in [3.05, 3.63) is 0 Å². The number of thioether (sulfide) groups is 1. The molecule has 0 bridgehead atoms. The van der Waals surface area contributed by atoms with Gasteiger partial charge in [0.05, 0.1) is 6.04 Å². The van der Waals surface area contributed by atoms with Crippen molar-refractivity contribution in [1.29, 1.82) is 0 Å². The van der Waals surface area contributed by atoms with Crippen molar-refractivity contribution in [1.82, 2.24) is 5.32 Å². The van der Waals surface area contributed by atoms with Crippen LogP contribution in [0.15, 0.2) is 0 Å². The minimum Gasteiger partial charge on any atom is -0.346 e. The number of amides is 1. The SMILES string of the molecule is CSCCC(C(=O)NC(CC(C)C)C(C)=O)C(C)C=O. The Kier molecular flexibility index (Phi) is 9.55. The molecule has 0 heterocycles. The second-order valence-electron chi connectivity index (χ2n) is 5.68. The lowest BCUT2D eigenvalue weighted by atomic mass is 9.91. The molecule has 0 aromatic rings. The van der Waals surface area contributed by atoms with Crippen LogP contribution < -0.4 is 5.32 Å². The third-order valence-electron chi connectivity index (χ3n) is 3.33. The first-order valence-electron chi connectivity index (χ1n) is 7.08. The fraction of sp³-hybridized carbons (Fsp3) is 0.800. The number of hydrogen-bond acceptors (Lipinski definition) is 4. The molecule has 1 amide bonds. The Hall–Kier alpha value is -0.840. The van der Waals surface area contributed by atoms with Crippen LogP contribution in [-0.4, -0.2) is 36.0 Å². The van der Waals surface area contributed by atoms with Crippen LogP contribution in [0.2, 0.25) is 0 Å². The monoisotopic (exact) mass is 301 g/mol. The third-order valence-corrected chi connectivity index (χ3v) is 3.98. The second-order valence-corrected chi connectivity index (χ2v) is 6.67. The summed E-state index contributed by atoms with van der Waals surface area (Å²) >= 11 is 1.65. The largest absolute Gasteiger partial charge is 0.346 e. The molecule has 116 valence electrons. The lowest BCUT2D eigenvalue weighted by Gasteiger charge is -2.23. The predicted molar refractivity (Wildman–Crippen MR) is 83.8 cm³/mol. The average molecular weight is 301 g/mol. The van der Waals surface area contributed by atoms with Gasteiger partial charge < -0.3 is 10.1 Å². The summed E-state index contributed by atoms with van der Waals surface area (Å²) in [4.78, 5) is 34.9. The smallest absolute Gasteiger partial charge is 0.224 e. The summed E-state index contributed by atoms with van der Waals surface area (Å²) in [7, 11) is 0. The van der Waals surface area contributed by atoms with Crippen LogP contribution in [0.5, 0.6) is 0 Å². The number of carbonyl (C=O) groups is 3. The summed E-state index contributed by atoms with van der Waals surface area (Å²) in [6, 6.07) is -0.446. The van der Waals surface area contributed by atoms with E-state index in [4.69, 9.17) is 0 Å². The van der Waals surface area contributed by atoms with Gasteiger partial charge in [0.15, 0.2) is 5.78 Å². The molecule has 0 aromatic carbocycles. The molecule has 3 unspecified atom stereocenters. The summed E-state index contributed by atoms with van der Waals surface area (Å²) in [6.45, 7) is 7.28. The van der Waals surface area contributed by atoms with E-state index < -0.39 is 6.04 Å². The molecule has 0 fully saturated rings. The van der Waals surface area contributed by atoms with Crippen LogP contribution in [0.1, 0.15) is 40.5 Å². The number of ketones is 1. The highest BCUT2D eigenvalue weighted by Crippen LogP contribution is 2.18. The summed E-state index contributed by atoms with van der Waals surface area (Å²) < 4.78 is 0. The van der Waals surface area contributed by atoms with Crippen molar-refractivity contribution in [2.75, 3.05) is 12.0 Å². The molecular weight excluding hydrogens is 274 g/mol. The molecule has 0 saturated carbocycles. The zero-order valence-electron chi connectivity index (χ0n) is 13.1. The van der Waals surface area contributed by atoms with E-state index in [-0.39, 0.29) is 23.5 Å². The van der Waals surface area contributed by atoms with E-state index in [9.17, 15) is 14.4 Å². The molecule has 5 heteroatoms. The van der Waals surface area contributed by atoms with Crippen LogP contribution in [0.25, 0.3) is 0 Å². The van der Waals surface area contributed by atoms with Gasteiger partial charge in [0, 0.05) is 11.8 Å². The average Bonchev–Trinajstić information content (AvgIpc) is 2.37. The van der Waals surface area contributed by atoms with Gasteiger partial charge in [-0.15, -0.1) is 0 Å². The summed E-state index contributed by atoms with van der Waals surface area (Å²) in [5.74, 6) is 0.264. The number of carbonyl (C=O) groups excluding carboxylic acids is 3. The number of rotatable bonds is 10. The maximum Gasteiger partial charge on any atom is 0.224 e. The molecule has 0 aliphatic heterocycles. The first-order valence-corrected chi connectivity index (χ1v) is 8.47. The van der Waals surface area contributed by atoms with Gasteiger partial charge in [-0.25, -0.2) is 0 Å². The Morgan fingerprint density at radius 1 is 1.25 bits per heavy atom. The quantitative estimate of drug-likeness (QED) is 0.629. The van der Waals surface area contributed by atoms with E-state index >= 15 is 0 Å². The van der Waals surface area contributed by atoms with Gasteiger partial charge in [-0.1, -0.05) is 20.8 Å². The Morgan fingerprint density at radius 2 is 1.85 bits per heavy atom. The summed E-state index contributed by atoms with van der Waals surface area (Å²) in [5, 5.41) is 2.82. The fourth-order valence-electron chi connectivity index (χ4n) is 2.05. The first-order chi connectivity index (χ1) is 9.33. The highest BCUT2D eigenvalue weighted by atomic mass is 32.2. The molecule has 3 atom stereocenters. The number of hydrogen-bond donors (Lipinski definition) is 1. The van der Waals surface area contributed by atoms with E-state index in [1.54, 1.807) is 18.7 Å². The van der Waals surface area contributed by atoms with Gasteiger partial charge in [-0.3, -0.25) is 9.59 Å². The molecule has 0 aliphatic carbocycles. The Bertz CT molecular complexity index is 331. The molecule has 0 aromatic heterocycles. The van der Waals surface area contributed by atoms with Crippen LogP contribution >= 0.6 is 11.8 Å². The van der Waals surface area contributed by atoms with Gasteiger partial charge >= 0.3 is 0 Å². The minimum atomic E-state index is -0.446. The molecule has 0 rings (SSSR count). The Balaban J connectivity index is 4.77. The van der Waals surface area contributed by atoms with E-state index in [1.807, 2.05) is 20.1 Å². The molecular formula is C15H27NO3S. The molecule has 1 N–H and O–H groups in total. The molecule has 0 radical (unpaired) electrons. The maximum atomic E-state index is 12.3. The van der Waals surface area contributed by atoms with E-state index in [0.717, 1.165) is 12.0 Å². The molecule has 0 spiro atoms. The topological polar surface area (TPSA) is 63.2 Å². The maximum absolute atomic E-state index is 12.3. The van der Waals surface area contributed by atoms with E-state index in [0.29, 0.717) is 18.8 Å². The van der Waals surface area contributed by atoms with Crippen molar-refractivity contribution >= 4 is 29.7 Å². The standard InChI is InChI=1S/C15H27NO3S/c1-10(2)8-14(12(4)18)16-15(19)13(6-7-20-5)11(3)9-17/h9-11,13-14H,6-8H2,1-5H3,(H,16,19). The molecule has 0 saturated heterocycles. The Labute approximate surface area is 126 Å². The van der Waals surface area contributed by atoms with Crippen molar-refractivity contribution in [2.45, 2.75) is 46.6 Å². The van der Waals surface area contributed by atoms with Gasteiger partial charge in [-0.05, 0) is 37.7 Å². The lowest BCUT2D eigenvalue weighted by Crippen LogP contribution is -2.45. The number of nitrogens with one attached hydrogen (secondary N) is 1.